The molecule has 0 unspecified atom stereocenters. The molecule has 0 bridgehead atoms. The molecule has 0 radical (unpaired) electrons. The zero-order valence-electron chi connectivity index (χ0n) is 20.9. The summed E-state index contributed by atoms with van der Waals surface area (Å²) in [5, 5.41) is 0. The van der Waals surface area contributed by atoms with E-state index in [2.05, 4.69) is 38.1 Å². The van der Waals surface area contributed by atoms with Crippen LogP contribution in [0.4, 0.5) is 0 Å². The molecule has 178 valence electrons. The van der Waals surface area contributed by atoms with E-state index in [1.807, 2.05) is 0 Å². The molecule has 0 fully saturated rings. The molecule has 0 heterocycles. The van der Waals surface area contributed by atoms with Crippen LogP contribution in [0, 0.1) is 0 Å². The molecule has 0 aliphatic heterocycles. The minimum atomic E-state index is 0. The van der Waals surface area contributed by atoms with Gasteiger partial charge < -0.3 is 0 Å². The Balaban J connectivity index is 0.00000900. The second kappa shape index (κ2) is 25.1. The molecule has 31 heavy (non-hydrogen) atoms. The van der Waals surface area contributed by atoms with Crippen LogP contribution in [0.15, 0.2) is 24.3 Å². The predicted molar refractivity (Wildman–Crippen MR) is 146 cm³/mol. The van der Waals surface area contributed by atoms with Crippen molar-refractivity contribution < 1.29 is 0 Å². The third kappa shape index (κ3) is 19.6. The molecular weight excluding hydrogens is 400 g/mol. The Morgan fingerprint density at radius 3 is 0.935 bits per heavy atom. The maximum atomic E-state index is 2.39. The topological polar surface area (TPSA) is 0 Å². The molecule has 0 spiro atoms. The van der Waals surface area contributed by atoms with Crippen molar-refractivity contribution in [3.63, 3.8) is 0 Å². The summed E-state index contributed by atoms with van der Waals surface area (Å²) in [6, 6.07) is 9.26. The summed E-state index contributed by atoms with van der Waals surface area (Å²) < 4.78 is 0. The van der Waals surface area contributed by atoms with Gasteiger partial charge in [0, 0.05) is 0 Å². The average Bonchev–Trinajstić information content (AvgIpc) is 2.77. The quantitative estimate of drug-likeness (QED) is 0.120. The van der Waals surface area contributed by atoms with E-state index in [0.29, 0.717) is 0 Å². The fraction of sp³-hybridized carbons (Fsp3) is 0.800. The van der Waals surface area contributed by atoms with Crippen LogP contribution in [-0.4, -0.2) is 37.7 Å². The molecule has 1 heteroatoms. The third-order valence-electron chi connectivity index (χ3n) is 6.72. The first kappa shape index (κ1) is 31.5. The normalized spacial score (nSPS) is 10.9. The van der Waals surface area contributed by atoms with E-state index in [-0.39, 0.29) is 37.7 Å². The molecule has 1 aromatic rings. The molecule has 0 amide bonds. The summed E-state index contributed by atoms with van der Waals surface area (Å²) in [7, 11) is 0. The van der Waals surface area contributed by atoms with E-state index < -0.39 is 0 Å². The SMILES string of the molecule is CCCCCCCCCCCCc1ccccc1CCCCCCCCCCCC.[CaH2]. The average molecular weight is 457 g/mol. The van der Waals surface area contributed by atoms with E-state index in [1.54, 1.807) is 11.1 Å². The number of rotatable bonds is 22. The van der Waals surface area contributed by atoms with Crippen LogP contribution >= 0.6 is 0 Å². The van der Waals surface area contributed by atoms with Gasteiger partial charge in [-0.3, -0.25) is 0 Å². The van der Waals surface area contributed by atoms with E-state index >= 15 is 0 Å². The van der Waals surface area contributed by atoms with E-state index in [9.17, 15) is 0 Å². The van der Waals surface area contributed by atoms with Gasteiger partial charge in [0.15, 0.2) is 0 Å². The van der Waals surface area contributed by atoms with Crippen molar-refractivity contribution in [2.45, 2.75) is 155 Å². The van der Waals surface area contributed by atoms with Gasteiger partial charge in [-0.15, -0.1) is 0 Å². The van der Waals surface area contributed by atoms with Gasteiger partial charge in [0.05, 0.1) is 0 Å². The summed E-state index contributed by atoms with van der Waals surface area (Å²) in [4.78, 5) is 0. The van der Waals surface area contributed by atoms with Crippen LogP contribution in [0.2, 0.25) is 0 Å². The Morgan fingerprint density at radius 2 is 0.645 bits per heavy atom. The summed E-state index contributed by atoms with van der Waals surface area (Å²) >= 11 is 0. The maximum absolute atomic E-state index is 2.39. The molecule has 0 aliphatic rings. The van der Waals surface area contributed by atoms with Gasteiger partial charge in [-0.1, -0.05) is 154 Å². The number of hydrogen-bond acceptors (Lipinski definition) is 0. The second-order valence-electron chi connectivity index (χ2n) is 9.63. The van der Waals surface area contributed by atoms with Gasteiger partial charge >= 0.3 is 37.7 Å². The number of unbranched alkanes of at least 4 members (excludes halogenated alkanes) is 18. The standard InChI is InChI=1S/C30H54.Ca.2H/c1-3-5-7-9-11-13-15-17-19-21-25-29-27-23-24-28-30(29)26-22-20-18-16-14-12-10-8-6-4-2;;;/h23-24,27-28H,3-22,25-26H2,1-2H3;;;. The predicted octanol–water partition coefficient (Wildman–Crippen LogP) is 9.70. The second-order valence-corrected chi connectivity index (χ2v) is 9.63. The molecule has 0 aromatic heterocycles. The molecule has 0 nitrogen and oxygen atoms in total. The minimum absolute atomic E-state index is 0. The fourth-order valence-electron chi connectivity index (χ4n) is 4.65. The molecule has 0 saturated carbocycles. The molecule has 0 N–H and O–H groups in total. The van der Waals surface area contributed by atoms with E-state index in [0.717, 1.165) is 0 Å². The monoisotopic (exact) mass is 456 g/mol. The van der Waals surface area contributed by atoms with Crippen molar-refractivity contribution in [2.75, 3.05) is 0 Å². The van der Waals surface area contributed by atoms with Gasteiger partial charge in [0.1, 0.15) is 0 Å². The summed E-state index contributed by atoms with van der Waals surface area (Å²) in [5.74, 6) is 0. The fourth-order valence-corrected chi connectivity index (χ4v) is 4.65. The van der Waals surface area contributed by atoms with Gasteiger partial charge in [0.25, 0.3) is 0 Å². The van der Waals surface area contributed by atoms with Crippen LogP contribution < -0.4 is 0 Å². The van der Waals surface area contributed by atoms with Crippen molar-refractivity contribution in [3.05, 3.63) is 35.4 Å². The van der Waals surface area contributed by atoms with Crippen LogP contribution in [0.3, 0.4) is 0 Å². The van der Waals surface area contributed by atoms with Gasteiger partial charge in [0.2, 0.25) is 0 Å². The Kier molecular flexibility index (Phi) is 25.5. The van der Waals surface area contributed by atoms with Crippen LogP contribution in [0.25, 0.3) is 0 Å². The zero-order valence-corrected chi connectivity index (χ0v) is 20.9. The van der Waals surface area contributed by atoms with Crippen LogP contribution in [-0.2, 0) is 12.8 Å². The summed E-state index contributed by atoms with van der Waals surface area (Å²) in [6.45, 7) is 4.60. The Labute approximate surface area is 226 Å². The number of hydrogen-bond donors (Lipinski definition) is 0. The van der Waals surface area contributed by atoms with Crippen molar-refractivity contribution >= 4 is 37.7 Å². The van der Waals surface area contributed by atoms with Gasteiger partial charge in [-0.2, -0.15) is 0 Å². The first-order valence-corrected chi connectivity index (χ1v) is 13.9. The van der Waals surface area contributed by atoms with Crippen LogP contribution in [0.1, 0.15) is 153 Å². The van der Waals surface area contributed by atoms with Crippen molar-refractivity contribution in [1.29, 1.82) is 0 Å². The number of aryl methyl sites for hydroxylation is 2. The molecule has 0 aliphatic carbocycles. The molecular formula is C30H56Ca. The van der Waals surface area contributed by atoms with Gasteiger partial charge in [-0.25, -0.2) is 0 Å². The van der Waals surface area contributed by atoms with E-state index in [4.69, 9.17) is 0 Å². The van der Waals surface area contributed by atoms with Crippen molar-refractivity contribution in [3.8, 4) is 0 Å². The van der Waals surface area contributed by atoms with Gasteiger partial charge in [-0.05, 0) is 36.8 Å². The molecule has 1 rings (SSSR count). The van der Waals surface area contributed by atoms with Crippen molar-refractivity contribution in [2.24, 2.45) is 0 Å². The first-order valence-electron chi connectivity index (χ1n) is 13.9. The van der Waals surface area contributed by atoms with Crippen molar-refractivity contribution in [1.82, 2.24) is 0 Å². The Morgan fingerprint density at radius 1 is 0.387 bits per heavy atom. The van der Waals surface area contributed by atoms with E-state index in [1.165, 1.54) is 141 Å². The first-order chi connectivity index (χ1) is 14.9. The number of benzene rings is 1. The molecule has 1 aromatic carbocycles. The Hall–Kier alpha value is 0.480. The summed E-state index contributed by atoms with van der Waals surface area (Å²) in [5.41, 5.74) is 3.26. The Bertz CT molecular complexity index is 424. The molecule has 0 atom stereocenters. The van der Waals surface area contributed by atoms with Crippen LogP contribution in [0.5, 0.6) is 0 Å². The molecule has 0 saturated heterocycles. The summed E-state index contributed by atoms with van der Waals surface area (Å²) in [6.07, 6.45) is 31.2. The zero-order chi connectivity index (χ0) is 21.5. The third-order valence-corrected chi connectivity index (χ3v) is 6.72.